The van der Waals surface area contributed by atoms with Crippen molar-refractivity contribution in [2.45, 2.75) is 26.2 Å². The van der Waals surface area contributed by atoms with Gasteiger partial charge in [-0.2, -0.15) is 0 Å². The highest BCUT2D eigenvalue weighted by atomic mass is 127. The number of hydrogen-bond donors (Lipinski definition) is 2. The number of aliphatic imine (C=N–C) groups is 1. The molecule has 2 aromatic rings. The Kier molecular flexibility index (Phi) is 9.15. The number of carbonyl (C=O) groups excluding carboxylic acids is 1. The highest BCUT2D eigenvalue weighted by molar-refractivity contribution is 14.0. The summed E-state index contributed by atoms with van der Waals surface area (Å²) in [7, 11) is 0. The first-order valence-electron chi connectivity index (χ1n) is 11.4. The van der Waals surface area contributed by atoms with Crippen molar-refractivity contribution in [2.24, 2.45) is 4.99 Å². The van der Waals surface area contributed by atoms with E-state index >= 15 is 0 Å². The van der Waals surface area contributed by atoms with E-state index in [1.165, 1.54) is 6.07 Å². The molecular weight excluding hydrogens is 522 g/mol. The molecular formula is C23H34FIN6O. The third-order valence-corrected chi connectivity index (χ3v) is 6.20. The molecule has 32 heavy (non-hydrogen) atoms. The van der Waals surface area contributed by atoms with Gasteiger partial charge in [-0.15, -0.1) is 24.0 Å². The lowest BCUT2D eigenvalue weighted by molar-refractivity contribution is -0.131. The number of H-pyrrole nitrogens is 1. The quantitative estimate of drug-likeness (QED) is 0.327. The van der Waals surface area contributed by atoms with E-state index in [4.69, 9.17) is 4.99 Å². The van der Waals surface area contributed by atoms with Gasteiger partial charge in [0.25, 0.3) is 0 Å². The van der Waals surface area contributed by atoms with Crippen LogP contribution in [0.2, 0.25) is 0 Å². The summed E-state index contributed by atoms with van der Waals surface area (Å²) in [4.78, 5) is 27.0. The van der Waals surface area contributed by atoms with E-state index in [1.807, 2.05) is 11.1 Å². The lowest BCUT2D eigenvalue weighted by atomic mass is 10.1. The van der Waals surface area contributed by atoms with E-state index in [-0.39, 0.29) is 35.7 Å². The number of hydrogen-bond acceptors (Lipinski definition) is 3. The highest BCUT2D eigenvalue weighted by Gasteiger charge is 2.24. The minimum atomic E-state index is -0.216. The lowest BCUT2D eigenvalue weighted by Crippen LogP contribution is -2.54. The first kappa shape index (κ1) is 24.8. The van der Waals surface area contributed by atoms with Gasteiger partial charge in [0.15, 0.2) is 5.96 Å². The molecule has 2 aliphatic heterocycles. The van der Waals surface area contributed by atoms with Crippen LogP contribution in [0, 0.1) is 5.82 Å². The molecule has 0 atom stereocenters. The van der Waals surface area contributed by atoms with Crippen molar-refractivity contribution in [1.29, 1.82) is 0 Å². The number of aromatic nitrogens is 1. The SMILES string of the molecule is CCNC(=NCCc1c[nH]c2ccc(F)cc12)N1CCN(CC(=O)N2CCCC2)CC1.I. The van der Waals surface area contributed by atoms with Crippen LogP contribution in [0.15, 0.2) is 29.4 Å². The summed E-state index contributed by atoms with van der Waals surface area (Å²) >= 11 is 0. The largest absolute Gasteiger partial charge is 0.361 e. The van der Waals surface area contributed by atoms with Gasteiger partial charge in [-0.25, -0.2) is 4.39 Å². The van der Waals surface area contributed by atoms with Crippen LogP contribution in [0.3, 0.4) is 0 Å². The predicted octanol–water partition coefficient (Wildman–Crippen LogP) is 2.67. The van der Waals surface area contributed by atoms with E-state index in [2.05, 4.69) is 27.0 Å². The Labute approximate surface area is 206 Å². The van der Waals surface area contributed by atoms with Crippen molar-refractivity contribution in [1.82, 2.24) is 25.0 Å². The summed E-state index contributed by atoms with van der Waals surface area (Å²) in [5.74, 6) is 0.965. The summed E-state index contributed by atoms with van der Waals surface area (Å²) in [5.41, 5.74) is 2.03. The number of halogens is 2. The number of benzene rings is 1. The van der Waals surface area contributed by atoms with Crippen LogP contribution in [0.1, 0.15) is 25.3 Å². The molecule has 3 heterocycles. The fourth-order valence-electron chi connectivity index (χ4n) is 4.44. The van der Waals surface area contributed by atoms with Crippen molar-refractivity contribution in [2.75, 3.05) is 58.9 Å². The van der Waals surface area contributed by atoms with Crippen LogP contribution in [-0.2, 0) is 11.2 Å². The summed E-state index contributed by atoms with van der Waals surface area (Å²) < 4.78 is 13.6. The third-order valence-electron chi connectivity index (χ3n) is 6.20. The van der Waals surface area contributed by atoms with Gasteiger partial charge in [0.2, 0.25) is 5.91 Å². The molecule has 9 heteroatoms. The Morgan fingerprint density at radius 2 is 1.88 bits per heavy atom. The number of amides is 1. The van der Waals surface area contributed by atoms with Crippen LogP contribution in [-0.4, -0.2) is 90.5 Å². The monoisotopic (exact) mass is 556 g/mol. The molecule has 2 saturated heterocycles. The van der Waals surface area contributed by atoms with Crippen LogP contribution in [0.25, 0.3) is 10.9 Å². The van der Waals surface area contributed by atoms with Crippen molar-refractivity contribution >= 4 is 46.7 Å². The minimum Gasteiger partial charge on any atom is -0.361 e. The molecule has 0 aliphatic carbocycles. The Hall–Kier alpha value is -1.88. The van der Waals surface area contributed by atoms with E-state index in [0.717, 1.165) is 87.5 Å². The second kappa shape index (κ2) is 11.8. The zero-order valence-electron chi connectivity index (χ0n) is 18.8. The van der Waals surface area contributed by atoms with Crippen LogP contribution in [0.5, 0.6) is 0 Å². The lowest BCUT2D eigenvalue weighted by Gasteiger charge is -2.36. The maximum atomic E-state index is 13.6. The van der Waals surface area contributed by atoms with Gasteiger partial charge < -0.3 is 20.1 Å². The van der Waals surface area contributed by atoms with E-state index in [1.54, 1.807) is 12.1 Å². The second-order valence-corrected chi connectivity index (χ2v) is 8.34. The predicted molar refractivity (Wildman–Crippen MR) is 137 cm³/mol. The van der Waals surface area contributed by atoms with Crippen molar-refractivity contribution in [3.8, 4) is 0 Å². The number of rotatable bonds is 6. The Morgan fingerprint density at radius 3 is 2.59 bits per heavy atom. The van der Waals surface area contributed by atoms with Gasteiger partial charge in [0.1, 0.15) is 5.82 Å². The summed E-state index contributed by atoms with van der Waals surface area (Å²) in [6, 6.07) is 4.83. The van der Waals surface area contributed by atoms with Crippen molar-refractivity contribution < 1.29 is 9.18 Å². The molecule has 2 fully saturated rings. The first-order chi connectivity index (χ1) is 15.1. The van der Waals surface area contributed by atoms with Gasteiger partial charge >= 0.3 is 0 Å². The van der Waals surface area contributed by atoms with E-state index in [0.29, 0.717) is 13.1 Å². The number of likely N-dealkylation sites (tertiary alicyclic amines) is 1. The van der Waals surface area contributed by atoms with Gasteiger partial charge in [0, 0.05) is 69.5 Å². The fourth-order valence-corrected chi connectivity index (χ4v) is 4.44. The first-order valence-corrected chi connectivity index (χ1v) is 11.4. The van der Waals surface area contributed by atoms with E-state index < -0.39 is 0 Å². The molecule has 0 unspecified atom stereocenters. The summed E-state index contributed by atoms with van der Waals surface area (Å²) in [5, 5.41) is 4.32. The molecule has 1 amide bonds. The highest BCUT2D eigenvalue weighted by Crippen LogP contribution is 2.20. The minimum absolute atomic E-state index is 0. The molecule has 0 saturated carbocycles. The molecule has 0 radical (unpaired) electrons. The number of nitrogens with one attached hydrogen (secondary N) is 2. The third kappa shape index (κ3) is 6.12. The second-order valence-electron chi connectivity index (χ2n) is 8.34. The standard InChI is InChI=1S/C23H33FN6O.HI/c1-2-25-23(26-8-7-18-16-27-21-6-5-19(24)15-20(18)21)30-13-11-28(12-14-30)17-22(31)29-9-3-4-10-29;/h5-6,15-16,27H,2-4,7-14,17H2,1H3,(H,25,26);1H. The molecule has 2 N–H and O–H groups in total. The Balaban J connectivity index is 0.00000289. The average Bonchev–Trinajstić information content (AvgIpc) is 3.44. The molecule has 176 valence electrons. The Morgan fingerprint density at radius 1 is 1.12 bits per heavy atom. The number of nitrogens with zero attached hydrogens (tertiary/aromatic N) is 4. The molecule has 1 aromatic carbocycles. The normalized spacial score (nSPS) is 17.6. The maximum Gasteiger partial charge on any atom is 0.236 e. The Bertz CT molecular complexity index is 918. The molecule has 0 spiro atoms. The maximum absolute atomic E-state index is 13.6. The van der Waals surface area contributed by atoms with E-state index in [9.17, 15) is 9.18 Å². The molecule has 2 aliphatic rings. The van der Waals surface area contributed by atoms with Crippen LogP contribution >= 0.6 is 24.0 Å². The molecule has 4 rings (SSSR count). The van der Waals surface area contributed by atoms with Gasteiger partial charge in [0.05, 0.1) is 6.54 Å². The molecule has 7 nitrogen and oxygen atoms in total. The van der Waals surface area contributed by atoms with Gasteiger partial charge in [-0.3, -0.25) is 14.7 Å². The smallest absolute Gasteiger partial charge is 0.236 e. The van der Waals surface area contributed by atoms with Crippen LogP contribution in [0.4, 0.5) is 4.39 Å². The van der Waals surface area contributed by atoms with Gasteiger partial charge in [-0.05, 0) is 49.9 Å². The number of piperazine rings is 1. The zero-order valence-corrected chi connectivity index (χ0v) is 21.1. The van der Waals surface area contributed by atoms with Crippen molar-refractivity contribution in [3.05, 3.63) is 35.8 Å². The number of aromatic amines is 1. The number of carbonyl (C=O) groups is 1. The zero-order chi connectivity index (χ0) is 21.6. The molecule has 1 aromatic heterocycles. The number of fused-ring (bicyclic) bond motifs is 1. The van der Waals surface area contributed by atoms with Gasteiger partial charge in [-0.1, -0.05) is 0 Å². The fraction of sp³-hybridized carbons (Fsp3) is 0.565. The average molecular weight is 556 g/mol. The summed E-state index contributed by atoms with van der Waals surface area (Å²) in [6.45, 7) is 9.33. The van der Waals surface area contributed by atoms with Crippen molar-refractivity contribution in [3.63, 3.8) is 0 Å². The topological polar surface area (TPSA) is 67.0 Å². The molecule has 0 bridgehead atoms. The number of guanidine groups is 1. The van der Waals surface area contributed by atoms with Crippen LogP contribution < -0.4 is 5.32 Å². The summed E-state index contributed by atoms with van der Waals surface area (Å²) in [6.07, 6.45) is 4.97.